The van der Waals surface area contributed by atoms with E-state index in [1.54, 1.807) is 0 Å². The van der Waals surface area contributed by atoms with E-state index in [4.69, 9.17) is 0 Å². The first-order valence-corrected chi connectivity index (χ1v) is 9.08. The van der Waals surface area contributed by atoms with Crippen LogP contribution in [0.1, 0.15) is 40.0 Å². The minimum atomic E-state index is 0.908. The standard InChI is InChI=1S/C17H37N5/c1-5-18-17(20-11-15-21(4)6-2)19-10-7-12-22-13-8-16(3)9-14-22/h16H,5-15H2,1-4H3,(H2,18,19,20). The van der Waals surface area contributed by atoms with E-state index in [2.05, 4.69) is 53.2 Å². The number of aliphatic imine (C=N–C) groups is 1. The molecule has 5 heteroatoms. The largest absolute Gasteiger partial charge is 0.357 e. The Morgan fingerprint density at radius 1 is 1.23 bits per heavy atom. The molecule has 1 rings (SSSR count). The molecule has 22 heavy (non-hydrogen) atoms. The number of hydrogen-bond donors (Lipinski definition) is 2. The highest BCUT2D eigenvalue weighted by molar-refractivity contribution is 5.79. The minimum absolute atomic E-state index is 0.908. The Labute approximate surface area is 137 Å². The smallest absolute Gasteiger partial charge is 0.191 e. The SMILES string of the molecule is CCNC(=NCCCN1CCC(C)CC1)NCCN(C)CC. The molecule has 0 aromatic heterocycles. The van der Waals surface area contributed by atoms with Crippen molar-refractivity contribution >= 4 is 5.96 Å². The van der Waals surface area contributed by atoms with E-state index in [9.17, 15) is 0 Å². The maximum atomic E-state index is 4.68. The van der Waals surface area contributed by atoms with Crippen LogP contribution in [0.15, 0.2) is 4.99 Å². The van der Waals surface area contributed by atoms with Gasteiger partial charge in [-0.15, -0.1) is 0 Å². The zero-order valence-corrected chi connectivity index (χ0v) is 15.2. The fourth-order valence-electron chi connectivity index (χ4n) is 2.64. The average molecular weight is 312 g/mol. The second-order valence-corrected chi connectivity index (χ2v) is 6.46. The molecule has 0 aromatic rings. The molecule has 1 fully saturated rings. The van der Waals surface area contributed by atoms with Crippen molar-refractivity contribution in [1.82, 2.24) is 20.4 Å². The quantitative estimate of drug-likeness (QED) is 0.386. The normalized spacial score (nSPS) is 18.0. The molecule has 1 aliphatic heterocycles. The molecule has 0 radical (unpaired) electrons. The molecule has 0 atom stereocenters. The lowest BCUT2D eigenvalue weighted by Gasteiger charge is -2.29. The Bertz CT molecular complexity index is 297. The molecule has 0 aromatic carbocycles. The summed E-state index contributed by atoms with van der Waals surface area (Å²) in [7, 11) is 2.14. The Hall–Kier alpha value is -0.810. The Kier molecular flexibility index (Phi) is 10.2. The summed E-state index contributed by atoms with van der Waals surface area (Å²) >= 11 is 0. The summed E-state index contributed by atoms with van der Waals surface area (Å²) < 4.78 is 0. The molecule has 1 heterocycles. The van der Waals surface area contributed by atoms with E-state index < -0.39 is 0 Å². The molecule has 130 valence electrons. The van der Waals surface area contributed by atoms with E-state index in [0.717, 1.165) is 51.0 Å². The fourth-order valence-corrected chi connectivity index (χ4v) is 2.64. The van der Waals surface area contributed by atoms with Crippen molar-refractivity contribution in [3.63, 3.8) is 0 Å². The maximum Gasteiger partial charge on any atom is 0.191 e. The molecule has 0 bridgehead atoms. The number of likely N-dealkylation sites (N-methyl/N-ethyl adjacent to an activating group) is 1. The molecule has 1 saturated heterocycles. The van der Waals surface area contributed by atoms with Crippen LogP contribution >= 0.6 is 0 Å². The number of nitrogens with one attached hydrogen (secondary N) is 2. The van der Waals surface area contributed by atoms with Crippen LogP contribution < -0.4 is 10.6 Å². The topological polar surface area (TPSA) is 42.9 Å². The lowest BCUT2D eigenvalue weighted by atomic mass is 9.99. The van der Waals surface area contributed by atoms with E-state index in [0.29, 0.717) is 0 Å². The monoisotopic (exact) mass is 311 g/mol. The minimum Gasteiger partial charge on any atom is -0.357 e. The van der Waals surface area contributed by atoms with E-state index >= 15 is 0 Å². The lowest BCUT2D eigenvalue weighted by Crippen LogP contribution is -2.41. The van der Waals surface area contributed by atoms with Gasteiger partial charge in [0.25, 0.3) is 0 Å². The molecular weight excluding hydrogens is 274 g/mol. The highest BCUT2D eigenvalue weighted by atomic mass is 15.2. The zero-order chi connectivity index (χ0) is 16.2. The van der Waals surface area contributed by atoms with Crippen LogP contribution in [0, 0.1) is 5.92 Å². The molecule has 1 aliphatic rings. The van der Waals surface area contributed by atoms with Crippen LogP contribution in [0.5, 0.6) is 0 Å². The summed E-state index contributed by atoms with van der Waals surface area (Å²) in [6.45, 7) is 15.3. The molecule has 0 saturated carbocycles. The van der Waals surface area contributed by atoms with Crippen molar-refractivity contribution in [3.8, 4) is 0 Å². The number of likely N-dealkylation sites (tertiary alicyclic amines) is 1. The van der Waals surface area contributed by atoms with Gasteiger partial charge in [-0.25, -0.2) is 0 Å². The van der Waals surface area contributed by atoms with E-state index in [1.165, 1.54) is 32.5 Å². The second kappa shape index (κ2) is 11.7. The van der Waals surface area contributed by atoms with Gasteiger partial charge in [0.1, 0.15) is 0 Å². The Morgan fingerprint density at radius 3 is 2.59 bits per heavy atom. The average Bonchev–Trinajstić information content (AvgIpc) is 2.53. The van der Waals surface area contributed by atoms with Crippen LogP contribution in [-0.2, 0) is 0 Å². The van der Waals surface area contributed by atoms with Gasteiger partial charge >= 0.3 is 0 Å². The van der Waals surface area contributed by atoms with Gasteiger partial charge in [-0.1, -0.05) is 13.8 Å². The predicted molar refractivity (Wildman–Crippen MR) is 96.6 cm³/mol. The molecule has 0 aliphatic carbocycles. The summed E-state index contributed by atoms with van der Waals surface area (Å²) in [4.78, 5) is 9.57. The van der Waals surface area contributed by atoms with Gasteiger partial charge < -0.3 is 20.4 Å². The molecule has 0 amide bonds. The number of rotatable bonds is 9. The lowest BCUT2D eigenvalue weighted by molar-refractivity contribution is 0.192. The van der Waals surface area contributed by atoms with Crippen LogP contribution in [0.25, 0.3) is 0 Å². The van der Waals surface area contributed by atoms with Gasteiger partial charge in [0.2, 0.25) is 0 Å². The number of nitrogens with zero attached hydrogens (tertiary/aromatic N) is 3. The molecule has 5 nitrogen and oxygen atoms in total. The summed E-state index contributed by atoms with van der Waals surface area (Å²) in [6.07, 6.45) is 3.87. The number of hydrogen-bond acceptors (Lipinski definition) is 3. The third-order valence-electron chi connectivity index (χ3n) is 4.45. The highest BCUT2D eigenvalue weighted by Crippen LogP contribution is 2.15. The second-order valence-electron chi connectivity index (χ2n) is 6.46. The van der Waals surface area contributed by atoms with Crippen molar-refractivity contribution < 1.29 is 0 Å². The molecule has 2 N–H and O–H groups in total. The summed E-state index contributed by atoms with van der Waals surface area (Å²) in [6, 6.07) is 0. The van der Waals surface area contributed by atoms with E-state index in [-0.39, 0.29) is 0 Å². The summed E-state index contributed by atoms with van der Waals surface area (Å²) in [5.41, 5.74) is 0. The first-order valence-electron chi connectivity index (χ1n) is 9.08. The van der Waals surface area contributed by atoms with Crippen LogP contribution in [0.4, 0.5) is 0 Å². The van der Waals surface area contributed by atoms with Crippen molar-refractivity contribution in [3.05, 3.63) is 0 Å². The first-order chi connectivity index (χ1) is 10.7. The zero-order valence-electron chi connectivity index (χ0n) is 15.2. The number of piperidine rings is 1. The van der Waals surface area contributed by atoms with Crippen molar-refractivity contribution in [2.45, 2.75) is 40.0 Å². The highest BCUT2D eigenvalue weighted by Gasteiger charge is 2.14. The van der Waals surface area contributed by atoms with Crippen LogP contribution in [-0.4, -0.2) is 75.2 Å². The van der Waals surface area contributed by atoms with Gasteiger partial charge in [-0.3, -0.25) is 4.99 Å². The van der Waals surface area contributed by atoms with Crippen LogP contribution in [0.2, 0.25) is 0 Å². The third kappa shape index (κ3) is 8.59. The predicted octanol–water partition coefficient (Wildman–Crippen LogP) is 1.62. The third-order valence-corrected chi connectivity index (χ3v) is 4.45. The van der Waals surface area contributed by atoms with Crippen LogP contribution in [0.3, 0.4) is 0 Å². The maximum absolute atomic E-state index is 4.68. The van der Waals surface area contributed by atoms with Crippen molar-refractivity contribution in [2.75, 3.05) is 59.4 Å². The Morgan fingerprint density at radius 2 is 1.95 bits per heavy atom. The number of guanidine groups is 1. The summed E-state index contributed by atoms with van der Waals surface area (Å²) in [5.74, 6) is 1.87. The Balaban J connectivity index is 2.18. The fraction of sp³-hybridized carbons (Fsp3) is 0.941. The molecule has 0 unspecified atom stereocenters. The van der Waals surface area contributed by atoms with E-state index in [1.807, 2.05) is 0 Å². The van der Waals surface area contributed by atoms with Gasteiger partial charge in [-0.2, -0.15) is 0 Å². The van der Waals surface area contributed by atoms with Gasteiger partial charge in [0.05, 0.1) is 0 Å². The van der Waals surface area contributed by atoms with Gasteiger partial charge in [-0.05, 0) is 65.3 Å². The molecular formula is C17H37N5. The van der Waals surface area contributed by atoms with Crippen molar-refractivity contribution in [2.24, 2.45) is 10.9 Å². The van der Waals surface area contributed by atoms with Gasteiger partial charge in [0.15, 0.2) is 5.96 Å². The van der Waals surface area contributed by atoms with Gasteiger partial charge in [0, 0.05) is 26.2 Å². The first kappa shape index (κ1) is 19.2. The van der Waals surface area contributed by atoms with Crippen molar-refractivity contribution in [1.29, 1.82) is 0 Å². The molecule has 0 spiro atoms. The summed E-state index contributed by atoms with van der Waals surface area (Å²) in [5, 5.41) is 6.74.